The molecule has 0 fully saturated rings. The lowest BCUT2D eigenvalue weighted by Gasteiger charge is -2.29. The zero-order valence-electron chi connectivity index (χ0n) is 20.7. The number of hydrogen-bond donors (Lipinski definition) is 1. The highest BCUT2D eigenvalue weighted by Gasteiger charge is 2.27. The standard InChI is InChI=1S/C25H34ClN3O5S/c1-5-15-27-25(31)19(2)28(18-20-10-6-7-13-23(20)26)24(30)14-9-16-29(35(4,32)33)21-11-8-12-22(17-21)34-3/h6-8,10-13,17,19H,5,9,14-16,18H2,1-4H3,(H,27,31)/t19-/m0/s1. The van der Waals surface area contributed by atoms with Gasteiger partial charge in [0.1, 0.15) is 11.8 Å². The molecule has 0 saturated heterocycles. The smallest absolute Gasteiger partial charge is 0.242 e. The van der Waals surface area contributed by atoms with Crippen LogP contribution in [-0.2, 0) is 26.2 Å². The summed E-state index contributed by atoms with van der Waals surface area (Å²) in [6, 6.07) is 13.2. The normalized spacial score (nSPS) is 12.0. The van der Waals surface area contributed by atoms with Gasteiger partial charge in [0, 0.05) is 37.1 Å². The van der Waals surface area contributed by atoms with Crippen LogP contribution in [0.25, 0.3) is 0 Å². The van der Waals surface area contributed by atoms with Crippen LogP contribution >= 0.6 is 11.6 Å². The topological polar surface area (TPSA) is 96.0 Å². The molecule has 0 aliphatic heterocycles. The zero-order valence-corrected chi connectivity index (χ0v) is 22.2. The predicted octanol–water partition coefficient (Wildman–Crippen LogP) is 3.84. The van der Waals surface area contributed by atoms with E-state index in [4.69, 9.17) is 16.3 Å². The molecule has 0 aliphatic carbocycles. The van der Waals surface area contributed by atoms with Gasteiger partial charge in [-0.15, -0.1) is 0 Å². The third-order valence-corrected chi connectivity index (χ3v) is 7.07. The number of rotatable bonds is 13. The molecule has 0 saturated carbocycles. The van der Waals surface area contributed by atoms with E-state index in [9.17, 15) is 18.0 Å². The SMILES string of the molecule is CCCNC(=O)[C@H](C)N(Cc1ccccc1Cl)C(=O)CCCN(c1cccc(OC)c1)S(C)(=O)=O. The fourth-order valence-electron chi connectivity index (χ4n) is 3.56. The summed E-state index contributed by atoms with van der Waals surface area (Å²) in [7, 11) is -2.08. The minimum atomic E-state index is -3.58. The quantitative estimate of drug-likeness (QED) is 0.430. The van der Waals surface area contributed by atoms with Gasteiger partial charge in [0.25, 0.3) is 0 Å². The number of carbonyl (C=O) groups is 2. The zero-order chi connectivity index (χ0) is 26.0. The van der Waals surface area contributed by atoms with Crippen molar-refractivity contribution in [3.8, 4) is 5.75 Å². The van der Waals surface area contributed by atoms with Gasteiger partial charge in [-0.2, -0.15) is 0 Å². The third-order valence-electron chi connectivity index (χ3n) is 5.51. The number of methoxy groups -OCH3 is 1. The molecular formula is C25H34ClN3O5S. The maximum atomic E-state index is 13.3. The average Bonchev–Trinajstić information content (AvgIpc) is 2.83. The molecule has 0 bridgehead atoms. The van der Waals surface area contributed by atoms with E-state index in [0.717, 1.165) is 18.2 Å². The van der Waals surface area contributed by atoms with Crippen LogP contribution in [0.5, 0.6) is 5.75 Å². The largest absolute Gasteiger partial charge is 0.497 e. The molecule has 8 nitrogen and oxygen atoms in total. The number of sulfonamides is 1. The summed E-state index contributed by atoms with van der Waals surface area (Å²) < 4.78 is 31.3. The fourth-order valence-corrected chi connectivity index (χ4v) is 4.71. The van der Waals surface area contributed by atoms with Crippen LogP contribution in [0.2, 0.25) is 5.02 Å². The van der Waals surface area contributed by atoms with Crippen LogP contribution in [0.4, 0.5) is 5.69 Å². The summed E-state index contributed by atoms with van der Waals surface area (Å²) in [6.07, 6.45) is 2.23. The minimum absolute atomic E-state index is 0.0613. The first kappa shape index (κ1) is 28.5. The van der Waals surface area contributed by atoms with Crippen LogP contribution in [-0.4, -0.2) is 57.6 Å². The Labute approximate surface area is 213 Å². The van der Waals surface area contributed by atoms with Crippen LogP contribution in [0, 0.1) is 0 Å². The van der Waals surface area contributed by atoms with Gasteiger partial charge in [-0.25, -0.2) is 8.42 Å². The Bertz CT molecular complexity index is 1110. The Balaban J connectivity index is 2.17. The summed E-state index contributed by atoms with van der Waals surface area (Å²) in [5, 5.41) is 3.34. The number of halogens is 1. The maximum absolute atomic E-state index is 13.3. The summed E-state index contributed by atoms with van der Waals surface area (Å²) in [4.78, 5) is 27.4. The van der Waals surface area contributed by atoms with Crippen molar-refractivity contribution in [3.05, 3.63) is 59.1 Å². The molecule has 0 heterocycles. The van der Waals surface area contributed by atoms with E-state index in [0.29, 0.717) is 23.0 Å². The minimum Gasteiger partial charge on any atom is -0.497 e. The van der Waals surface area contributed by atoms with Crippen molar-refractivity contribution >= 4 is 39.1 Å². The Morgan fingerprint density at radius 1 is 1.14 bits per heavy atom. The van der Waals surface area contributed by atoms with E-state index in [1.165, 1.54) is 16.3 Å². The van der Waals surface area contributed by atoms with E-state index in [1.807, 2.05) is 19.1 Å². The Morgan fingerprint density at radius 2 is 1.86 bits per heavy atom. The molecule has 2 aromatic rings. The second-order valence-corrected chi connectivity index (χ2v) is 10.5. The van der Waals surface area contributed by atoms with Crippen molar-refractivity contribution in [2.24, 2.45) is 0 Å². The van der Waals surface area contributed by atoms with Crippen molar-refractivity contribution in [3.63, 3.8) is 0 Å². The van der Waals surface area contributed by atoms with Crippen molar-refractivity contribution < 1.29 is 22.7 Å². The van der Waals surface area contributed by atoms with Gasteiger partial charge in [0.15, 0.2) is 0 Å². The molecule has 0 spiro atoms. The van der Waals surface area contributed by atoms with Crippen molar-refractivity contribution in [2.45, 2.75) is 45.7 Å². The Morgan fingerprint density at radius 3 is 2.49 bits per heavy atom. The first-order valence-electron chi connectivity index (χ1n) is 11.5. The summed E-state index contributed by atoms with van der Waals surface area (Å²) in [5.74, 6) is 0.0228. The fraction of sp³-hybridized carbons (Fsp3) is 0.440. The molecule has 1 atom stereocenters. The molecule has 2 aromatic carbocycles. The average molecular weight is 524 g/mol. The molecule has 35 heavy (non-hydrogen) atoms. The van der Waals surface area contributed by atoms with Crippen LogP contribution in [0.15, 0.2) is 48.5 Å². The van der Waals surface area contributed by atoms with Gasteiger partial charge in [0.05, 0.1) is 19.1 Å². The molecular weight excluding hydrogens is 490 g/mol. The molecule has 0 aliphatic rings. The van der Waals surface area contributed by atoms with E-state index in [1.54, 1.807) is 43.3 Å². The maximum Gasteiger partial charge on any atom is 0.242 e. The van der Waals surface area contributed by atoms with Gasteiger partial charge in [-0.05, 0) is 43.5 Å². The van der Waals surface area contributed by atoms with Crippen molar-refractivity contribution in [2.75, 3.05) is 30.8 Å². The third kappa shape index (κ3) is 8.43. The Kier molecular flexibility index (Phi) is 10.9. The summed E-state index contributed by atoms with van der Waals surface area (Å²) in [6.45, 7) is 4.42. The number of benzene rings is 2. The van der Waals surface area contributed by atoms with E-state index in [2.05, 4.69) is 5.32 Å². The molecule has 192 valence electrons. The van der Waals surface area contributed by atoms with Gasteiger partial charge >= 0.3 is 0 Å². The Hall–Kier alpha value is -2.78. The number of anilines is 1. The van der Waals surface area contributed by atoms with Gasteiger partial charge in [0.2, 0.25) is 21.8 Å². The molecule has 0 radical (unpaired) electrons. The first-order chi connectivity index (χ1) is 16.6. The number of hydrogen-bond acceptors (Lipinski definition) is 5. The highest BCUT2D eigenvalue weighted by atomic mass is 35.5. The molecule has 0 aromatic heterocycles. The number of ether oxygens (including phenoxy) is 1. The van der Waals surface area contributed by atoms with E-state index < -0.39 is 16.1 Å². The number of nitrogens with one attached hydrogen (secondary N) is 1. The summed E-state index contributed by atoms with van der Waals surface area (Å²) >= 11 is 6.31. The highest BCUT2D eigenvalue weighted by molar-refractivity contribution is 7.92. The summed E-state index contributed by atoms with van der Waals surface area (Å²) in [5.41, 5.74) is 1.19. The molecule has 1 N–H and O–H groups in total. The second kappa shape index (κ2) is 13.3. The van der Waals surface area contributed by atoms with Crippen molar-refractivity contribution in [1.82, 2.24) is 10.2 Å². The monoisotopic (exact) mass is 523 g/mol. The number of amides is 2. The number of carbonyl (C=O) groups excluding carboxylic acids is 2. The van der Waals surface area contributed by atoms with Crippen molar-refractivity contribution in [1.29, 1.82) is 0 Å². The van der Waals surface area contributed by atoms with E-state index >= 15 is 0 Å². The van der Waals surface area contributed by atoms with Gasteiger partial charge in [-0.1, -0.05) is 42.8 Å². The van der Waals surface area contributed by atoms with Crippen LogP contribution < -0.4 is 14.4 Å². The first-order valence-corrected chi connectivity index (χ1v) is 13.7. The molecule has 0 unspecified atom stereocenters. The molecule has 2 amide bonds. The molecule has 10 heteroatoms. The second-order valence-electron chi connectivity index (χ2n) is 8.22. The van der Waals surface area contributed by atoms with Crippen LogP contribution in [0.3, 0.4) is 0 Å². The van der Waals surface area contributed by atoms with Gasteiger partial charge < -0.3 is 15.0 Å². The lowest BCUT2D eigenvalue weighted by molar-refractivity contribution is -0.140. The lowest BCUT2D eigenvalue weighted by atomic mass is 10.1. The van der Waals surface area contributed by atoms with E-state index in [-0.39, 0.29) is 37.7 Å². The van der Waals surface area contributed by atoms with Gasteiger partial charge in [-0.3, -0.25) is 13.9 Å². The highest BCUT2D eigenvalue weighted by Crippen LogP contribution is 2.24. The van der Waals surface area contributed by atoms with Crippen LogP contribution in [0.1, 0.15) is 38.7 Å². The lowest BCUT2D eigenvalue weighted by Crippen LogP contribution is -2.47. The number of nitrogens with zero attached hydrogens (tertiary/aromatic N) is 2. The molecule has 2 rings (SSSR count). The predicted molar refractivity (Wildman–Crippen MR) is 139 cm³/mol.